The number of esters is 1. The summed E-state index contributed by atoms with van der Waals surface area (Å²) in [5, 5.41) is 21.3. The molecule has 3 N–H and O–H groups in total. The van der Waals surface area contributed by atoms with Crippen LogP contribution in [0.3, 0.4) is 0 Å². The molecule has 1 aliphatic carbocycles. The third-order valence-electron chi connectivity index (χ3n) is 3.09. The fraction of sp³-hybridized carbons (Fsp3) is 0.923. The number of nitrogens with one attached hydrogen (secondary N) is 1. The van der Waals surface area contributed by atoms with Gasteiger partial charge in [-0.3, -0.25) is 10.1 Å². The van der Waals surface area contributed by atoms with Crippen LogP contribution in [-0.4, -0.2) is 58.6 Å². The van der Waals surface area contributed by atoms with Crippen LogP contribution in [0.5, 0.6) is 0 Å². The van der Waals surface area contributed by atoms with E-state index in [1.807, 2.05) is 13.8 Å². The maximum Gasteiger partial charge on any atom is 0.326 e. The van der Waals surface area contributed by atoms with E-state index in [0.717, 1.165) is 18.6 Å². The molecule has 0 aromatic rings. The number of hydrogen-bond donors (Lipinski definition) is 3. The molecule has 2 unspecified atom stereocenters. The Balaban J connectivity index is 2.37. The summed E-state index contributed by atoms with van der Waals surface area (Å²) in [6.07, 6.45) is 2.21. The molecule has 1 saturated carbocycles. The fourth-order valence-electron chi connectivity index (χ4n) is 1.75. The predicted molar refractivity (Wildman–Crippen MR) is 76.2 cm³/mol. The molecule has 0 bridgehead atoms. The number of carbonyl (C=O) groups is 1. The number of aliphatic hydroxyl groups excluding tert-OH is 2. The van der Waals surface area contributed by atoms with Crippen LogP contribution in [0.4, 0.5) is 0 Å². The number of carbonyl (C=O) groups excluding carboxylic acids is 1. The van der Waals surface area contributed by atoms with E-state index in [0.29, 0.717) is 24.8 Å². The van der Waals surface area contributed by atoms with Crippen LogP contribution in [0, 0.1) is 0 Å². The van der Waals surface area contributed by atoms with Crippen LogP contribution < -0.4 is 5.32 Å². The van der Waals surface area contributed by atoms with Crippen LogP contribution in [0.15, 0.2) is 0 Å². The molecule has 0 aromatic carbocycles. The Kier molecular flexibility index (Phi) is 7.13. The van der Waals surface area contributed by atoms with Gasteiger partial charge >= 0.3 is 5.97 Å². The highest BCUT2D eigenvalue weighted by Gasteiger charge is 2.39. The minimum Gasteiger partial charge on any atom is -0.465 e. The molecule has 1 rings (SSSR count). The molecule has 0 spiro atoms. The zero-order valence-electron chi connectivity index (χ0n) is 11.7. The maximum atomic E-state index is 12.0. The van der Waals surface area contributed by atoms with Crippen LogP contribution in [-0.2, 0) is 9.53 Å². The van der Waals surface area contributed by atoms with Crippen LogP contribution in [0.2, 0.25) is 0 Å². The molecule has 6 heteroatoms. The highest BCUT2D eigenvalue weighted by atomic mass is 32.2. The van der Waals surface area contributed by atoms with Crippen molar-refractivity contribution in [1.29, 1.82) is 0 Å². The predicted octanol–water partition coefficient (Wildman–Crippen LogP) is 0.537. The van der Waals surface area contributed by atoms with Crippen molar-refractivity contribution in [2.45, 2.75) is 50.8 Å². The Morgan fingerprint density at radius 2 is 2.26 bits per heavy atom. The van der Waals surface area contributed by atoms with Gasteiger partial charge in [0.05, 0.1) is 19.3 Å². The van der Waals surface area contributed by atoms with Gasteiger partial charge < -0.3 is 14.9 Å². The molecule has 0 saturated heterocycles. The smallest absolute Gasteiger partial charge is 0.326 e. The molecule has 0 heterocycles. The number of rotatable bonds is 10. The summed E-state index contributed by atoms with van der Waals surface area (Å²) < 4.78 is 5.13. The van der Waals surface area contributed by atoms with Gasteiger partial charge in [0, 0.05) is 11.8 Å². The van der Waals surface area contributed by atoms with E-state index in [4.69, 9.17) is 9.84 Å². The molecule has 112 valence electrons. The van der Waals surface area contributed by atoms with E-state index in [1.54, 1.807) is 0 Å². The molecule has 5 nitrogen and oxygen atoms in total. The molecule has 19 heavy (non-hydrogen) atoms. The quantitative estimate of drug-likeness (QED) is 0.403. The topological polar surface area (TPSA) is 78.8 Å². The summed E-state index contributed by atoms with van der Waals surface area (Å²) in [7, 11) is 0. The van der Waals surface area contributed by atoms with E-state index in [9.17, 15) is 9.90 Å². The fourth-order valence-corrected chi connectivity index (χ4v) is 2.85. The molecule has 2 atom stereocenters. The maximum absolute atomic E-state index is 12.0. The van der Waals surface area contributed by atoms with Crippen molar-refractivity contribution in [2.75, 3.05) is 24.7 Å². The lowest BCUT2D eigenvalue weighted by atomic mass is 9.99. The van der Waals surface area contributed by atoms with Gasteiger partial charge in [0.15, 0.2) is 0 Å². The molecule has 0 aromatic heterocycles. The zero-order valence-corrected chi connectivity index (χ0v) is 12.5. The van der Waals surface area contributed by atoms with Crippen molar-refractivity contribution in [3.8, 4) is 0 Å². The Morgan fingerprint density at radius 1 is 1.58 bits per heavy atom. The molecule has 0 aliphatic heterocycles. The highest BCUT2D eigenvalue weighted by molar-refractivity contribution is 7.99. The first-order chi connectivity index (χ1) is 9.01. The third kappa shape index (κ3) is 6.12. The van der Waals surface area contributed by atoms with Gasteiger partial charge in [-0.1, -0.05) is 0 Å². The zero-order chi connectivity index (χ0) is 14.3. The van der Waals surface area contributed by atoms with Gasteiger partial charge in [-0.05, 0) is 38.9 Å². The molecule has 1 fully saturated rings. The van der Waals surface area contributed by atoms with Gasteiger partial charge in [0.25, 0.3) is 0 Å². The van der Waals surface area contributed by atoms with Crippen molar-refractivity contribution >= 4 is 17.7 Å². The molecular formula is C13H25NO4S. The van der Waals surface area contributed by atoms with Crippen molar-refractivity contribution in [2.24, 2.45) is 0 Å². The summed E-state index contributed by atoms with van der Waals surface area (Å²) in [4.78, 5) is 12.0. The molecule has 0 amide bonds. The first kappa shape index (κ1) is 16.8. The van der Waals surface area contributed by atoms with E-state index in [-0.39, 0.29) is 12.6 Å². The normalized spacial score (nSPS) is 19.8. The minimum atomic E-state index is -0.685. The number of aliphatic hydroxyl groups is 2. The van der Waals surface area contributed by atoms with Gasteiger partial charge in [-0.2, -0.15) is 11.8 Å². The second kappa shape index (κ2) is 8.09. The van der Waals surface area contributed by atoms with E-state index in [1.165, 1.54) is 11.8 Å². The van der Waals surface area contributed by atoms with E-state index in [2.05, 4.69) is 5.32 Å². The molecular weight excluding hydrogens is 266 g/mol. The highest BCUT2D eigenvalue weighted by Crippen LogP contribution is 2.26. The van der Waals surface area contributed by atoms with Crippen molar-refractivity contribution in [3.05, 3.63) is 0 Å². The Hall–Kier alpha value is -0.300. The second-order valence-electron chi connectivity index (χ2n) is 5.13. The van der Waals surface area contributed by atoms with Crippen molar-refractivity contribution in [1.82, 2.24) is 5.32 Å². The van der Waals surface area contributed by atoms with Crippen molar-refractivity contribution < 1.29 is 19.7 Å². The monoisotopic (exact) mass is 291 g/mol. The first-order valence-corrected chi connectivity index (χ1v) is 7.99. The Morgan fingerprint density at radius 3 is 2.79 bits per heavy atom. The SMILES string of the molecule is CCOC(=O)C(C)(CCSCC(O)CO)NC1CC1. The molecule has 1 aliphatic rings. The lowest BCUT2D eigenvalue weighted by molar-refractivity contribution is -0.150. The summed E-state index contributed by atoms with van der Waals surface area (Å²) in [6.45, 7) is 3.85. The summed E-state index contributed by atoms with van der Waals surface area (Å²) >= 11 is 1.54. The van der Waals surface area contributed by atoms with Crippen LogP contribution >= 0.6 is 11.8 Å². The van der Waals surface area contributed by atoms with E-state index < -0.39 is 11.6 Å². The average molecular weight is 291 g/mol. The van der Waals surface area contributed by atoms with Crippen molar-refractivity contribution in [3.63, 3.8) is 0 Å². The second-order valence-corrected chi connectivity index (χ2v) is 6.28. The number of thioether (sulfide) groups is 1. The first-order valence-electron chi connectivity index (χ1n) is 6.83. The summed E-state index contributed by atoms with van der Waals surface area (Å²) in [6, 6.07) is 0.433. The number of ether oxygens (including phenoxy) is 1. The third-order valence-corrected chi connectivity index (χ3v) is 4.21. The Bertz CT molecular complexity index is 286. The lowest BCUT2D eigenvalue weighted by Gasteiger charge is -2.28. The largest absolute Gasteiger partial charge is 0.465 e. The summed E-state index contributed by atoms with van der Waals surface area (Å²) in [5.41, 5.74) is -0.645. The van der Waals surface area contributed by atoms with Crippen LogP contribution in [0.1, 0.15) is 33.1 Å². The van der Waals surface area contributed by atoms with E-state index >= 15 is 0 Å². The minimum absolute atomic E-state index is 0.204. The Labute approximate surface area is 119 Å². The van der Waals surface area contributed by atoms with Gasteiger partial charge in [0.2, 0.25) is 0 Å². The van der Waals surface area contributed by atoms with Gasteiger partial charge in [-0.25, -0.2) is 0 Å². The standard InChI is InChI=1S/C13H25NO4S/c1-3-18-12(17)13(2,14-10-4-5-10)6-7-19-9-11(16)8-15/h10-11,14-16H,3-9H2,1-2H3. The average Bonchev–Trinajstić information content (AvgIpc) is 3.18. The van der Waals surface area contributed by atoms with Gasteiger partial charge in [0.1, 0.15) is 5.54 Å². The van der Waals surface area contributed by atoms with Crippen LogP contribution in [0.25, 0.3) is 0 Å². The summed E-state index contributed by atoms with van der Waals surface area (Å²) in [5.74, 6) is 1.02. The van der Waals surface area contributed by atoms with Gasteiger partial charge in [-0.15, -0.1) is 0 Å². The number of hydrogen-bond acceptors (Lipinski definition) is 6. The lowest BCUT2D eigenvalue weighted by Crippen LogP contribution is -2.52. The molecule has 0 radical (unpaired) electrons.